The van der Waals surface area contributed by atoms with Gasteiger partial charge >= 0.3 is 0 Å². The van der Waals surface area contributed by atoms with Gasteiger partial charge in [0.1, 0.15) is 9.96 Å². The molecule has 1 fully saturated rings. The quantitative estimate of drug-likeness (QED) is 0.797. The zero-order valence-electron chi connectivity index (χ0n) is 15.5. The fourth-order valence-corrected chi connectivity index (χ4v) is 5.79. The lowest BCUT2D eigenvalue weighted by molar-refractivity contribution is 0.0955. The smallest absolute Gasteiger partial charge is 0.261 e. The molecule has 27 heavy (non-hydrogen) atoms. The van der Waals surface area contributed by atoms with Gasteiger partial charge in [-0.1, -0.05) is 19.1 Å². The maximum atomic E-state index is 12.8. The molecule has 0 saturated carbocycles. The normalized spacial score (nSPS) is 16.2. The van der Waals surface area contributed by atoms with E-state index in [0.717, 1.165) is 35.5 Å². The third-order valence-electron chi connectivity index (χ3n) is 4.75. The first kappa shape index (κ1) is 19.9. The molecule has 2 heterocycles. The van der Waals surface area contributed by atoms with Crippen LogP contribution in [0.25, 0.3) is 0 Å². The molecule has 146 valence electrons. The number of sulfonamides is 1. The van der Waals surface area contributed by atoms with E-state index in [1.165, 1.54) is 10.4 Å². The van der Waals surface area contributed by atoms with E-state index >= 15 is 0 Å². The number of rotatable bonds is 6. The molecular weight excluding hydrogens is 384 g/mol. The Morgan fingerprint density at radius 1 is 1.19 bits per heavy atom. The van der Waals surface area contributed by atoms with E-state index in [1.54, 1.807) is 13.2 Å². The van der Waals surface area contributed by atoms with Crippen LogP contribution in [-0.4, -0.2) is 38.8 Å². The highest BCUT2D eigenvalue weighted by atomic mass is 32.2. The highest BCUT2D eigenvalue weighted by molar-refractivity contribution is 7.91. The molecule has 0 unspecified atom stereocenters. The molecule has 0 aliphatic carbocycles. The van der Waals surface area contributed by atoms with Crippen LogP contribution in [0.1, 0.15) is 35.0 Å². The number of carbonyl (C=O) groups is 1. The van der Waals surface area contributed by atoms with Gasteiger partial charge in [0, 0.05) is 19.6 Å². The van der Waals surface area contributed by atoms with Gasteiger partial charge in [-0.25, -0.2) is 8.42 Å². The maximum absolute atomic E-state index is 12.8. The van der Waals surface area contributed by atoms with Gasteiger partial charge < -0.3 is 10.1 Å². The second kappa shape index (κ2) is 8.41. The van der Waals surface area contributed by atoms with Crippen molar-refractivity contribution >= 4 is 27.3 Å². The summed E-state index contributed by atoms with van der Waals surface area (Å²) in [6.45, 7) is 3.59. The van der Waals surface area contributed by atoms with Crippen molar-refractivity contribution in [3.05, 3.63) is 46.8 Å². The van der Waals surface area contributed by atoms with Crippen molar-refractivity contribution in [3.8, 4) is 5.75 Å². The number of carbonyl (C=O) groups excluding carboxylic acids is 1. The topological polar surface area (TPSA) is 75.7 Å². The van der Waals surface area contributed by atoms with Crippen molar-refractivity contribution in [2.45, 2.75) is 30.5 Å². The number of amides is 1. The number of nitrogens with one attached hydrogen (secondary N) is 1. The summed E-state index contributed by atoms with van der Waals surface area (Å²) in [4.78, 5) is 12.8. The van der Waals surface area contributed by atoms with E-state index in [1.807, 2.05) is 24.3 Å². The summed E-state index contributed by atoms with van der Waals surface area (Å²) in [5.41, 5.74) is 0.941. The van der Waals surface area contributed by atoms with Gasteiger partial charge in [0.15, 0.2) is 0 Å². The minimum atomic E-state index is -3.51. The second-order valence-electron chi connectivity index (χ2n) is 6.74. The van der Waals surface area contributed by atoms with Crippen LogP contribution in [0.5, 0.6) is 5.75 Å². The van der Waals surface area contributed by atoms with Gasteiger partial charge in [0.05, 0.1) is 12.0 Å². The number of hydrogen-bond donors (Lipinski definition) is 1. The maximum Gasteiger partial charge on any atom is 0.261 e. The molecule has 1 aliphatic rings. The summed E-state index contributed by atoms with van der Waals surface area (Å²) < 4.78 is 32.4. The summed E-state index contributed by atoms with van der Waals surface area (Å²) in [5.74, 6) is 1.04. The number of ether oxygens (including phenoxy) is 1. The third kappa shape index (κ3) is 4.69. The number of thiophene rings is 1. The van der Waals surface area contributed by atoms with Crippen LogP contribution < -0.4 is 10.1 Å². The molecule has 3 rings (SSSR count). The summed E-state index contributed by atoms with van der Waals surface area (Å²) in [7, 11) is -1.91. The summed E-state index contributed by atoms with van der Waals surface area (Å²) in [5, 5.41) is 2.83. The molecule has 0 bridgehead atoms. The van der Waals surface area contributed by atoms with Crippen LogP contribution >= 0.6 is 11.3 Å². The third-order valence-corrected chi connectivity index (χ3v) is 8.20. The van der Waals surface area contributed by atoms with E-state index in [2.05, 4.69) is 12.2 Å². The van der Waals surface area contributed by atoms with E-state index in [4.69, 9.17) is 4.74 Å². The Hall–Kier alpha value is -1.90. The SMILES string of the molecule is COc1ccc(CNC(=O)c2ccc(S(=O)(=O)N3CCC(C)CC3)s2)cc1. The summed E-state index contributed by atoms with van der Waals surface area (Å²) in [6.07, 6.45) is 1.75. The molecule has 1 N–H and O–H groups in total. The Balaban J connectivity index is 1.63. The van der Waals surface area contributed by atoms with Gasteiger partial charge in [-0.3, -0.25) is 4.79 Å². The first-order valence-corrected chi connectivity index (χ1v) is 11.2. The monoisotopic (exact) mass is 408 g/mol. The van der Waals surface area contributed by atoms with E-state index in [9.17, 15) is 13.2 Å². The lowest BCUT2D eigenvalue weighted by atomic mass is 10.0. The van der Waals surface area contributed by atoms with Crippen molar-refractivity contribution in [3.63, 3.8) is 0 Å². The van der Waals surface area contributed by atoms with Crippen molar-refractivity contribution < 1.29 is 17.9 Å². The fourth-order valence-electron chi connectivity index (χ4n) is 2.95. The highest BCUT2D eigenvalue weighted by Gasteiger charge is 2.29. The molecule has 0 radical (unpaired) electrons. The zero-order chi connectivity index (χ0) is 19.4. The lowest BCUT2D eigenvalue weighted by Crippen LogP contribution is -2.37. The number of methoxy groups -OCH3 is 1. The molecule has 1 saturated heterocycles. The number of benzene rings is 1. The fraction of sp³-hybridized carbons (Fsp3) is 0.421. The van der Waals surface area contributed by atoms with Crippen LogP contribution in [0.15, 0.2) is 40.6 Å². The molecule has 0 spiro atoms. The minimum Gasteiger partial charge on any atom is -0.497 e. The summed E-state index contributed by atoms with van der Waals surface area (Å²) in [6, 6.07) is 10.5. The number of hydrogen-bond acceptors (Lipinski definition) is 5. The van der Waals surface area contributed by atoms with Crippen LogP contribution in [0, 0.1) is 5.92 Å². The Kier molecular flexibility index (Phi) is 6.18. The Morgan fingerprint density at radius 2 is 1.85 bits per heavy atom. The van der Waals surface area contributed by atoms with Crippen LogP contribution in [-0.2, 0) is 16.6 Å². The van der Waals surface area contributed by atoms with Gasteiger partial charge in [0.25, 0.3) is 15.9 Å². The Labute approximate surface area is 164 Å². The van der Waals surface area contributed by atoms with Gasteiger partial charge in [0.2, 0.25) is 0 Å². The summed E-state index contributed by atoms with van der Waals surface area (Å²) >= 11 is 1.02. The first-order chi connectivity index (χ1) is 12.9. The molecule has 1 aromatic heterocycles. The van der Waals surface area contributed by atoms with Crippen LogP contribution in [0.4, 0.5) is 0 Å². The predicted molar refractivity (Wildman–Crippen MR) is 106 cm³/mol. The highest BCUT2D eigenvalue weighted by Crippen LogP contribution is 2.28. The lowest BCUT2D eigenvalue weighted by Gasteiger charge is -2.28. The molecule has 1 aromatic carbocycles. The van der Waals surface area contributed by atoms with Crippen molar-refractivity contribution in [1.82, 2.24) is 9.62 Å². The molecule has 1 aliphatic heterocycles. The van der Waals surface area contributed by atoms with Gasteiger partial charge in [-0.15, -0.1) is 11.3 Å². The molecule has 1 amide bonds. The van der Waals surface area contributed by atoms with Crippen molar-refractivity contribution in [1.29, 1.82) is 0 Å². The zero-order valence-corrected chi connectivity index (χ0v) is 17.1. The number of nitrogens with zero attached hydrogens (tertiary/aromatic N) is 1. The second-order valence-corrected chi connectivity index (χ2v) is 9.98. The first-order valence-electron chi connectivity index (χ1n) is 8.91. The Bertz CT molecular complexity index is 883. The molecule has 0 atom stereocenters. The largest absolute Gasteiger partial charge is 0.497 e. The molecule has 2 aromatic rings. The minimum absolute atomic E-state index is 0.228. The van der Waals surface area contributed by atoms with E-state index in [0.29, 0.717) is 30.4 Å². The van der Waals surface area contributed by atoms with Gasteiger partial charge in [-0.05, 0) is 48.6 Å². The van der Waals surface area contributed by atoms with E-state index < -0.39 is 10.0 Å². The standard InChI is InChI=1S/C19H24N2O4S2/c1-14-9-11-21(12-10-14)27(23,24)18-8-7-17(26-18)19(22)20-13-15-3-5-16(25-2)6-4-15/h3-8,14H,9-13H2,1-2H3,(H,20,22). The number of piperidine rings is 1. The van der Waals surface area contributed by atoms with Crippen LogP contribution in [0.2, 0.25) is 0 Å². The van der Waals surface area contributed by atoms with Crippen LogP contribution in [0.3, 0.4) is 0 Å². The molecule has 8 heteroatoms. The predicted octanol–water partition coefficient (Wildman–Crippen LogP) is 3.11. The average molecular weight is 409 g/mol. The van der Waals surface area contributed by atoms with E-state index in [-0.39, 0.29) is 10.1 Å². The average Bonchev–Trinajstić information content (AvgIpc) is 3.18. The van der Waals surface area contributed by atoms with Gasteiger partial charge in [-0.2, -0.15) is 4.31 Å². The molecular formula is C19H24N2O4S2. The van der Waals surface area contributed by atoms with Crippen molar-refractivity contribution in [2.24, 2.45) is 5.92 Å². The van der Waals surface area contributed by atoms with Crippen molar-refractivity contribution in [2.75, 3.05) is 20.2 Å². The Morgan fingerprint density at radius 3 is 2.48 bits per heavy atom. The molecule has 6 nitrogen and oxygen atoms in total.